The molecule has 3 atom stereocenters. The average Bonchev–Trinajstić information content (AvgIpc) is 3.26. The van der Waals surface area contributed by atoms with E-state index in [1.807, 2.05) is 12.1 Å². The molecule has 184 valence electrons. The van der Waals surface area contributed by atoms with Gasteiger partial charge in [-0.3, -0.25) is 4.79 Å². The molecule has 0 amide bonds. The van der Waals surface area contributed by atoms with E-state index in [0.717, 1.165) is 34.6 Å². The Morgan fingerprint density at radius 2 is 2.00 bits per heavy atom. The van der Waals surface area contributed by atoms with Crippen LogP contribution in [0.25, 0.3) is 11.3 Å². The molecule has 0 radical (unpaired) electrons. The van der Waals surface area contributed by atoms with E-state index < -0.39 is 5.41 Å². The molecule has 2 aromatic carbocycles. The number of hydrogen-bond acceptors (Lipinski definition) is 5. The number of ether oxygens (including phenoxy) is 1. The van der Waals surface area contributed by atoms with Crippen molar-refractivity contribution in [1.82, 2.24) is 4.98 Å². The number of nitrogens with one attached hydrogen (secondary N) is 1. The zero-order valence-electron chi connectivity index (χ0n) is 21.1. The van der Waals surface area contributed by atoms with Crippen molar-refractivity contribution < 1.29 is 9.53 Å². The normalized spacial score (nSPS) is 24.9. The van der Waals surface area contributed by atoms with Gasteiger partial charge in [0.1, 0.15) is 0 Å². The Hall–Kier alpha value is -2.18. The van der Waals surface area contributed by atoms with Crippen LogP contribution in [0, 0.1) is 5.41 Å². The van der Waals surface area contributed by atoms with Gasteiger partial charge in [0.2, 0.25) is 0 Å². The molecule has 0 bridgehead atoms. The van der Waals surface area contributed by atoms with E-state index >= 15 is 0 Å². The third-order valence-electron chi connectivity index (χ3n) is 8.20. The number of fused-ring (bicyclic) bond motifs is 6. The molecule has 1 aromatic heterocycles. The molecule has 4 nitrogen and oxygen atoms in total. The summed E-state index contributed by atoms with van der Waals surface area (Å²) in [4.78, 5) is 19.6. The molecular formula is C29H33BrN2O2S. The van der Waals surface area contributed by atoms with Gasteiger partial charge in [-0.15, -0.1) is 11.3 Å². The highest BCUT2D eigenvalue weighted by atomic mass is 79.9. The molecule has 1 N–H and O–H groups in total. The van der Waals surface area contributed by atoms with Crippen molar-refractivity contribution in [2.75, 3.05) is 12.4 Å². The minimum atomic E-state index is -0.586. The molecule has 0 spiro atoms. The maximum Gasteiger partial charge on any atom is 0.312 e. The third-order valence-corrected chi connectivity index (χ3v) is 10.1. The minimum absolute atomic E-state index is 0.0279. The summed E-state index contributed by atoms with van der Waals surface area (Å²) in [6, 6.07) is 15.1. The number of hydrogen-bond donors (Lipinski definition) is 1. The number of thiazole rings is 1. The lowest BCUT2D eigenvalue weighted by molar-refractivity contribution is -0.157. The number of anilines is 1. The second kappa shape index (κ2) is 9.04. The predicted octanol–water partition coefficient (Wildman–Crippen LogP) is 8.03. The number of halogens is 1. The number of esters is 1. The Morgan fingerprint density at radius 3 is 2.71 bits per heavy atom. The lowest BCUT2D eigenvalue weighted by atomic mass is 9.50. The van der Waals surface area contributed by atoms with Crippen molar-refractivity contribution in [1.29, 1.82) is 0 Å². The summed E-state index contributed by atoms with van der Waals surface area (Å²) in [5.74, 6) is 0.352. The van der Waals surface area contributed by atoms with Gasteiger partial charge in [-0.25, -0.2) is 4.98 Å². The molecule has 1 unspecified atom stereocenters. The summed E-state index contributed by atoms with van der Waals surface area (Å²) >= 11 is 5.36. The van der Waals surface area contributed by atoms with Crippen LogP contribution in [-0.2, 0) is 21.5 Å². The molecular weight excluding hydrogens is 520 g/mol. The van der Waals surface area contributed by atoms with E-state index in [0.29, 0.717) is 12.5 Å². The second-order valence-corrected chi connectivity index (χ2v) is 12.6. The highest BCUT2D eigenvalue weighted by Crippen LogP contribution is 2.64. The first kappa shape index (κ1) is 24.5. The maximum atomic E-state index is 13.2. The summed E-state index contributed by atoms with van der Waals surface area (Å²) in [6.45, 7) is 9.60. The Bertz CT molecular complexity index is 1290. The van der Waals surface area contributed by atoms with E-state index in [-0.39, 0.29) is 17.3 Å². The first-order chi connectivity index (χ1) is 16.7. The molecule has 3 aromatic rings. The largest absolute Gasteiger partial charge is 0.469 e. The van der Waals surface area contributed by atoms with Gasteiger partial charge >= 0.3 is 5.97 Å². The van der Waals surface area contributed by atoms with Gasteiger partial charge < -0.3 is 10.1 Å². The van der Waals surface area contributed by atoms with Gasteiger partial charge in [0.15, 0.2) is 5.13 Å². The van der Waals surface area contributed by atoms with Crippen molar-refractivity contribution in [2.24, 2.45) is 5.41 Å². The Morgan fingerprint density at radius 1 is 1.23 bits per heavy atom. The fourth-order valence-electron chi connectivity index (χ4n) is 6.36. The summed E-state index contributed by atoms with van der Waals surface area (Å²) in [5.41, 5.74) is 5.34. The zero-order chi connectivity index (χ0) is 25.0. The van der Waals surface area contributed by atoms with Crippen LogP contribution in [0.2, 0.25) is 0 Å². The van der Waals surface area contributed by atoms with Gasteiger partial charge in [0, 0.05) is 32.8 Å². The molecule has 1 fully saturated rings. The van der Waals surface area contributed by atoms with E-state index in [4.69, 9.17) is 9.72 Å². The van der Waals surface area contributed by atoms with E-state index in [2.05, 4.69) is 79.3 Å². The monoisotopic (exact) mass is 552 g/mol. The van der Waals surface area contributed by atoms with E-state index in [9.17, 15) is 4.79 Å². The van der Waals surface area contributed by atoms with Gasteiger partial charge in [-0.05, 0) is 54.5 Å². The van der Waals surface area contributed by atoms with Crippen molar-refractivity contribution >= 4 is 38.4 Å². The van der Waals surface area contributed by atoms with Crippen LogP contribution in [0.1, 0.15) is 80.4 Å². The number of aromatic nitrogens is 1. The topological polar surface area (TPSA) is 51.2 Å². The van der Waals surface area contributed by atoms with E-state index in [1.54, 1.807) is 11.3 Å². The Labute approximate surface area is 220 Å². The average molecular weight is 554 g/mol. The molecule has 35 heavy (non-hydrogen) atoms. The number of nitrogens with zero attached hydrogens (tertiary/aromatic N) is 1. The summed E-state index contributed by atoms with van der Waals surface area (Å²) in [5, 5.41) is 4.46. The smallest absolute Gasteiger partial charge is 0.312 e. The fraction of sp³-hybridized carbons (Fsp3) is 0.448. The fourth-order valence-corrected chi connectivity index (χ4v) is 8.17. The van der Waals surface area contributed by atoms with Gasteiger partial charge in [-0.1, -0.05) is 73.5 Å². The van der Waals surface area contributed by atoms with Crippen LogP contribution in [0.5, 0.6) is 0 Å². The van der Waals surface area contributed by atoms with Gasteiger partial charge in [-0.2, -0.15) is 0 Å². The highest BCUT2D eigenvalue weighted by molar-refractivity contribution is 9.10. The maximum absolute atomic E-state index is 13.2. The van der Waals surface area contributed by atoms with Crippen LogP contribution >= 0.6 is 27.3 Å². The Kier molecular flexibility index (Phi) is 6.33. The van der Waals surface area contributed by atoms with Crippen molar-refractivity contribution in [3.63, 3.8) is 0 Å². The molecule has 0 saturated heterocycles. The minimum Gasteiger partial charge on any atom is -0.469 e. The van der Waals surface area contributed by atoms with Crippen LogP contribution in [-0.4, -0.2) is 18.1 Å². The summed E-state index contributed by atoms with van der Waals surface area (Å²) in [6.07, 6.45) is 2.89. The zero-order valence-corrected chi connectivity index (χ0v) is 23.5. The number of rotatable bonds is 5. The quantitative estimate of drug-likeness (QED) is 0.325. The van der Waals surface area contributed by atoms with Crippen molar-refractivity contribution in [3.05, 3.63) is 68.5 Å². The molecule has 2 aliphatic rings. The number of carbonyl (C=O) groups excluding carboxylic acids is 1. The Balaban J connectivity index is 1.65. The first-order valence-corrected chi connectivity index (χ1v) is 14.0. The molecule has 0 aliphatic heterocycles. The van der Waals surface area contributed by atoms with Gasteiger partial charge in [0.25, 0.3) is 0 Å². The summed E-state index contributed by atoms with van der Waals surface area (Å²) < 4.78 is 6.47. The molecule has 6 heteroatoms. The van der Waals surface area contributed by atoms with Crippen LogP contribution < -0.4 is 5.32 Å². The molecule has 5 rings (SSSR count). The van der Waals surface area contributed by atoms with Crippen molar-refractivity contribution in [3.8, 4) is 11.3 Å². The molecule has 2 aliphatic carbocycles. The highest BCUT2D eigenvalue weighted by Gasteiger charge is 2.58. The standard InChI is InChI=1S/C29H33BrN2O2S/c1-17(2)18-11-12-21-20(15-18)23-24(25-28(21,3)13-8-14-29(25,4)26(33)34-5)35-27(32-23)31-16-19-9-6-7-10-22(19)30/h6-7,9-12,15,17,25H,8,13-14,16H2,1-5H3,(H,31,32)/t25?,28-,29-/m1/s1. The van der Waals surface area contributed by atoms with Gasteiger partial charge in [0.05, 0.1) is 18.2 Å². The first-order valence-electron chi connectivity index (χ1n) is 12.4. The van der Waals surface area contributed by atoms with Crippen molar-refractivity contribution in [2.45, 2.75) is 70.8 Å². The number of carbonyl (C=O) groups is 1. The third kappa shape index (κ3) is 3.93. The number of methoxy groups -OCH3 is 1. The number of benzene rings is 2. The lowest BCUT2D eigenvalue weighted by Crippen LogP contribution is -2.50. The molecule has 1 heterocycles. The van der Waals surface area contributed by atoms with E-state index in [1.165, 1.54) is 34.2 Å². The molecule has 1 saturated carbocycles. The van der Waals surface area contributed by atoms with Crippen LogP contribution in [0.15, 0.2) is 46.9 Å². The predicted molar refractivity (Wildman–Crippen MR) is 147 cm³/mol. The van der Waals surface area contributed by atoms with Crippen LogP contribution in [0.4, 0.5) is 5.13 Å². The van der Waals surface area contributed by atoms with Crippen LogP contribution in [0.3, 0.4) is 0 Å². The summed E-state index contributed by atoms with van der Waals surface area (Å²) in [7, 11) is 1.52. The second-order valence-electron chi connectivity index (χ2n) is 10.7. The lowest BCUT2D eigenvalue weighted by Gasteiger charge is -2.53. The SMILES string of the molecule is COC(=O)[C@]1(C)CCC[C@]2(C)c3ccc(C(C)C)cc3-c3nc(NCc4ccccc4Br)sc3C12.